The SMILES string of the molecule is C[C@H](CS)C(=O)O[C@@H](COc1ccccc1)C(=O)ONC12CC3CC(CC(C3)C1)C2. The first-order valence-corrected chi connectivity index (χ1v) is 11.6. The van der Waals surface area contributed by atoms with E-state index in [4.69, 9.17) is 14.3 Å². The predicted octanol–water partition coefficient (Wildman–Crippen LogP) is 3.56. The van der Waals surface area contributed by atoms with E-state index in [1.165, 1.54) is 19.3 Å². The smallest absolute Gasteiger partial charge is 0.369 e. The number of hydroxylamine groups is 1. The number of benzene rings is 1. The fourth-order valence-corrected chi connectivity index (χ4v) is 5.78. The summed E-state index contributed by atoms with van der Waals surface area (Å²) in [6.07, 6.45) is 5.93. The van der Waals surface area contributed by atoms with Crippen molar-refractivity contribution in [2.45, 2.75) is 57.1 Å². The van der Waals surface area contributed by atoms with Gasteiger partial charge in [-0.2, -0.15) is 12.6 Å². The Labute approximate surface area is 183 Å². The number of hydrogen-bond acceptors (Lipinski definition) is 7. The van der Waals surface area contributed by atoms with E-state index in [0.29, 0.717) is 11.5 Å². The summed E-state index contributed by atoms with van der Waals surface area (Å²) in [5, 5.41) is 0. The van der Waals surface area contributed by atoms with Gasteiger partial charge in [-0.1, -0.05) is 25.1 Å². The molecule has 0 amide bonds. The summed E-state index contributed by atoms with van der Waals surface area (Å²) in [5.41, 5.74) is 2.98. The summed E-state index contributed by atoms with van der Waals surface area (Å²) in [6.45, 7) is 1.61. The van der Waals surface area contributed by atoms with E-state index < -0.39 is 24.0 Å². The summed E-state index contributed by atoms with van der Waals surface area (Å²) in [5.74, 6) is 1.60. The standard InChI is InChI=1S/C23H31NO5S/c1-15(14-30)21(25)28-20(13-27-19-5-3-2-4-6-19)22(26)29-24-23-10-16-7-17(11-23)9-18(8-16)12-23/h2-6,15-18,20,24,30H,7-14H2,1H3/t15-,16?,17?,18?,20+,23?/m1/s1. The van der Waals surface area contributed by atoms with Crippen molar-refractivity contribution >= 4 is 24.6 Å². The van der Waals surface area contributed by atoms with Crippen molar-refractivity contribution in [3.8, 4) is 5.75 Å². The number of rotatable bonds is 9. The first-order chi connectivity index (χ1) is 14.5. The number of hydrogen-bond donors (Lipinski definition) is 2. The molecule has 4 saturated carbocycles. The Bertz CT molecular complexity index is 720. The van der Waals surface area contributed by atoms with Crippen LogP contribution in [0.15, 0.2) is 30.3 Å². The maximum absolute atomic E-state index is 12.8. The van der Waals surface area contributed by atoms with Crippen molar-refractivity contribution < 1.29 is 23.9 Å². The molecule has 0 heterocycles. The van der Waals surface area contributed by atoms with Gasteiger partial charge in [0.1, 0.15) is 12.4 Å². The number of carbonyl (C=O) groups is 2. The van der Waals surface area contributed by atoms with Crippen molar-refractivity contribution in [2.24, 2.45) is 23.7 Å². The minimum absolute atomic E-state index is 0.101. The minimum Gasteiger partial charge on any atom is -0.489 e. The molecular weight excluding hydrogens is 402 g/mol. The molecule has 7 heteroatoms. The van der Waals surface area contributed by atoms with Gasteiger partial charge in [-0.25, -0.2) is 4.79 Å². The molecule has 1 aromatic rings. The van der Waals surface area contributed by atoms with Crippen molar-refractivity contribution in [2.75, 3.05) is 12.4 Å². The zero-order valence-electron chi connectivity index (χ0n) is 17.4. The molecular formula is C23H31NO5S. The Kier molecular flexibility index (Phi) is 6.58. The third-order valence-electron chi connectivity index (χ3n) is 6.75. The van der Waals surface area contributed by atoms with Crippen molar-refractivity contribution in [3.63, 3.8) is 0 Å². The van der Waals surface area contributed by atoms with Gasteiger partial charge in [-0.15, -0.1) is 5.48 Å². The van der Waals surface area contributed by atoms with E-state index in [1.807, 2.05) is 18.2 Å². The molecule has 0 spiro atoms. The second-order valence-electron chi connectivity index (χ2n) is 9.35. The van der Waals surface area contributed by atoms with Gasteiger partial charge in [0.15, 0.2) is 0 Å². The van der Waals surface area contributed by atoms with Crippen LogP contribution in [-0.2, 0) is 19.2 Å². The van der Waals surface area contributed by atoms with Crippen molar-refractivity contribution in [1.82, 2.24) is 5.48 Å². The van der Waals surface area contributed by atoms with E-state index in [-0.39, 0.29) is 12.1 Å². The Hall–Kier alpha value is -1.73. The minimum atomic E-state index is -1.14. The lowest BCUT2D eigenvalue weighted by Crippen LogP contribution is -2.59. The van der Waals surface area contributed by atoms with E-state index in [9.17, 15) is 9.59 Å². The number of nitrogens with one attached hydrogen (secondary N) is 1. The van der Waals surface area contributed by atoms with Crippen LogP contribution in [0.5, 0.6) is 5.75 Å². The topological polar surface area (TPSA) is 73.9 Å². The fraction of sp³-hybridized carbons (Fsp3) is 0.652. The van der Waals surface area contributed by atoms with Crippen LogP contribution in [-0.4, -0.2) is 35.9 Å². The van der Waals surface area contributed by atoms with E-state index >= 15 is 0 Å². The van der Waals surface area contributed by atoms with Crippen LogP contribution in [0.2, 0.25) is 0 Å². The molecule has 4 fully saturated rings. The second-order valence-corrected chi connectivity index (χ2v) is 9.72. The van der Waals surface area contributed by atoms with Crippen LogP contribution in [0.25, 0.3) is 0 Å². The highest BCUT2D eigenvalue weighted by Gasteiger charge is 2.52. The average molecular weight is 434 g/mol. The third kappa shape index (κ3) is 4.94. The van der Waals surface area contributed by atoms with Gasteiger partial charge in [-0.3, -0.25) is 4.79 Å². The maximum Gasteiger partial charge on any atom is 0.369 e. The van der Waals surface area contributed by atoms with Gasteiger partial charge >= 0.3 is 11.9 Å². The summed E-state index contributed by atoms with van der Waals surface area (Å²) in [4.78, 5) is 30.6. The number of esters is 1. The molecule has 0 aromatic heterocycles. The van der Waals surface area contributed by atoms with Crippen LogP contribution < -0.4 is 10.2 Å². The molecule has 4 bridgehead atoms. The lowest BCUT2D eigenvalue weighted by atomic mass is 9.53. The zero-order chi connectivity index (χ0) is 21.1. The van der Waals surface area contributed by atoms with Gasteiger partial charge in [0, 0.05) is 5.75 Å². The third-order valence-corrected chi connectivity index (χ3v) is 7.30. The number of para-hydroxylation sites is 1. The fourth-order valence-electron chi connectivity index (χ4n) is 5.63. The van der Waals surface area contributed by atoms with Gasteiger partial charge in [0.25, 0.3) is 0 Å². The molecule has 0 aliphatic heterocycles. The molecule has 164 valence electrons. The van der Waals surface area contributed by atoms with Gasteiger partial charge in [0.2, 0.25) is 6.10 Å². The van der Waals surface area contributed by atoms with Gasteiger partial charge in [0.05, 0.1) is 11.5 Å². The molecule has 6 nitrogen and oxygen atoms in total. The Balaban J connectivity index is 1.37. The molecule has 0 radical (unpaired) electrons. The first-order valence-electron chi connectivity index (χ1n) is 10.9. The Morgan fingerprint density at radius 3 is 2.23 bits per heavy atom. The van der Waals surface area contributed by atoms with Crippen LogP contribution in [0.4, 0.5) is 0 Å². The number of ether oxygens (including phenoxy) is 2. The molecule has 5 rings (SSSR count). The summed E-state index contributed by atoms with van der Waals surface area (Å²) in [7, 11) is 0. The van der Waals surface area contributed by atoms with Crippen molar-refractivity contribution in [1.29, 1.82) is 0 Å². The highest BCUT2D eigenvalue weighted by Crippen LogP contribution is 2.55. The molecule has 1 N–H and O–H groups in total. The molecule has 30 heavy (non-hydrogen) atoms. The normalized spacial score (nSPS) is 31.1. The monoisotopic (exact) mass is 433 g/mol. The predicted molar refractivity (Wildman–Crippen MR) is 115 cm³/mol. The quantitative estimate of drug-likeness (QED) is 0.352. The Morgan fingerprint density at radius 1 is 1.07 bits per heavy atom. The van der Waals surface area contributed by atoms with Crippen LogP contribution >= 0.6 is 12.6 Å². The largest absolute Gasteiger partial charge is 0.489 e. The van der Waals surface area contributed by atoms with Crippen molar-refractivity contribution in [3.05, 3.63) is 30.3 Å². The van der Waals surface area contributed by atoms with Gasteiger partial charge < -0.3 is 14.3 Å². The second kappa shape index (κ2) is 9.18. The Morgan fingerprint density at radius 2 is 1.67 bits per heavy atom. The van der Waals surface area contributed by atoms with E-state index in [0.717, 1.165) is 37.0 Å². The van der Waals surface area contributed by atoms with Gasteiger partial charge in [-0.05, 0) is 68.4 Å². The highest BCUT2D eigenvalue weighted by atomic mass is 32.1. The lowest BCUT2D eigenvalue weighted by molar-refractivity contribution is -0.185. The molecule has 0 unspecified atom stereocenters. The number of carbonyl (C=O) groups excluding carboxylic acids is 2. The summed E-state index contributed by atoms with van der Waals surface area (Å²) in [6, 6.07) is 9.13. The lowest BCUT2D eigenvalue weighted by Gasteiger charge is -2.56. The summed E-state index contributed by atoms with van der Waals surface area (Å²) < 4.78 is 11.1. The molecule has 1 aromatic carbocycles. The van der Waals surface area contributed by atoms with E-state index in [1.54, 1.807) is 19.1 Å². The van der Waals surface area contributed by atoms with Crippen LogP contribution in [0.1, 0.15) is 45.4 Å². The highest BCUT2D eigenvalue weighted by molar-refractivity contribution is 7.80. The first kappa shape index (κ1) is 21.5. The summed E-state index contributed by atoms with van der Waals surface area (Å²) >= 11 is 4.14. The van der Waals surface area contributed by atoms with E-state index in [2.05, 4.69) is 18.1 Å². The molecule has 4 aliphatic rings. The average Bonchev–Trinajstić information content (AvgIpc) is 2.74. The zero-order valence-corrected chi connectivity index (χ0v) is 18.3. The number of thiol groups is 1. The van der Waals surface area contributed by atoms with Crippen LogP contribution in [0, 0.1) is 23.7 Å². The molecule has 0 saturated heterocycles. The molecule has 4 aliphatic carbocycles. The maximum atomic E-state index is 12.8. The van der Waals surface area contributed by atoms with Crippen LogP contribution in [0.3, 0.4) is 0 Å². The molecule has 2 atom stereocenters.